The second-order valence-corrected chi connectivity index (χ2v) is 10.8. The second-order valence-electron chi connectivity index (χ2n) is 10.8. The molecule has 1 heterocycles. The van der Waals surface area contributed by atoms with Gasteiger partial charge in [0.1, 0.15) is 11.5 Å². The number of nitrogens with zero attached hydrogens (tertiary/aromatic N) is 1. The number of ketones is 1. The zero-order valence-corrected chi connectivity index (χ0v) is 25.0. The molecule has 7 heteroatoms. The van der Waals surface area contributed by atoms with Crippen molar-refractivity contribution in [3.8, 4) is 17.2 Å². The lowest BCUT2D eigenvalue weighted by Crippen LogP contribution is -2.31. The Labute approximate surface area is 248 Å². The number of carbonyl (C=O) groups is 2. The smallest absolute Gasteiger partial charge is 0.295 e. The molecule has 0 aromatic heterocycles. The van der Waals surface area contributed by atoms with Crippen molar-refractivity contribution in [3.05, 3.63) is 95.1 Å². The van der Waals surface area contributed by atoms with E-state index < -0.39 is 17.7 Å². The van der Waals surface area contributed by atoms with E-state index in [0.717, 1.165) is 18.4 Å². The number of likely N-dealkylation sites (tertiary alicyclic amines) is 1. The molecule has 1 aliphatic rings. The lowest BCUT2D eigenvalue weighted by atomic mass is 9.94. The van der Waals surface area contributed by atoms with Crippen LogP contribution in [-0.2, 0) is 16.0 Å². The van der Waals surface area contributed by atoms with Gasteiger partial charge in [0.25, 0.3) is 11.7 Å². The average molecular weight is 572 g/mol. The molecule has 3 aromatic carbocycles. The maximum atomic E-state index is 13.5. The number of aliphatic hydroxyl groups excluding tert-OH is 1. The molecule has 1 N–H and O–H groups in total. The van der Waals surface area contributed by atoms with Crippen LogP contribution >= 0.6 is 0 Å². The summed E-state index contributed by atoms with van der Waals surface area (Å²) in [6.07, 6.45) is 2.33. The number of aliphatic hydroxyl groups is 1. The molecule has 4 rings (SSSR count). The van der Waals surface area contributed by atoms with Crippen molar-refractivity contribution >= 4 is 17.4 Å². The topological polar surface area (TPSA) is 85.3 Å². The molecular weight excluding hydrogens is 530 g/mol. The molecule has 1 unspecified atom stereocenters. The number of benzene rings is 3. The largest absolute Gasteiger partial charge is 0.507 e. The molecule has 3 aromatic rings. The molecule has 0 spiro atoms. The van der Waals surface area contributed by atoms with E-state index in [-0.39, 0.29) is 11.3 Å². The molecule has 1 atom stereocenters. The van der Waals surface area contributed by atoms with Crippen molar-refractivity contribution in [2.75, 3.05) is 26.4 Å². The van der Waals surface area contributed by atoms with Gasteiger partial charge in [-0.25, -0.2) is 0 Å². The predicted molar refractivity (Wildman–Crippen MR) is 164 cm³/mol. The van der Waals surface area contributed by atoms with Crippen LogP contribution < -0.4 is 14.2 Å². The van der Waals surface area contributed by atoms with Gasteiger partial charge in [-0.2, -0.15) is 0 Å². The molecule has 222 valence electrons. The van der Waals surface area contributed by atoms with Gasteiger partial charge in [0, 0.05) is 12.1 Å². The first-order valence-electron chi connectivity index (χ1n) is 14.8. The maximum Gasteiger partial charge on any atom is 0.295 e. The Morgan fingerprint density at radius 1 is 0.881 bits per heavy atom. The zero-order chi connectivity index (χ0) is 30.1. The van der Waals surface area contributed by atoms with E-state index in [9.17, 15) is 14.7 Å². The van der Waals surface area contributed by atoms with Crippen LogP contribution in [0.15, 0.2) is 78.4 Å². The van der Waals surface area contributed by atoms with Crippen LogP contribution in [0, 0.1) is 5.92 Å². The third-order valence-electron chi connectivity index (χ3n) is 7.16. The molecule has 0 aliphatic carbocycles. The molecule has 0 saturated carbocycles. The van der Waals surface area contributed by atoms with Crippen molar-refractivity contribution in [2.24, 2.45) is 5.92 Å². The number of Topliss-reactive ketones (excluding diaryl/α,β-unsaturated/α-hetero) is 1. The quantitative estimate of drug-likeness (QED) is 0.128. The number of ether oxygens (including phenoxy) is 3. The van der Waals surface area contributed by atoms with Gasteiger partial charge in [-0.3, -0.25) is 9.59 Å². The van der Waals surface area contributed by atoms with E-state index in [2.05, 4.69) is 13.8 Å². The number of hydrogen-bond donors (Lipinski definition) is 1. The second kappa shape index (κ2) is 14.6. The molecule has 42 heavy (non-hydrogen) atoms. The van der Waals surface area contributed by atoms with Gasteiger partial charge >= 0.3 is 0 Å². The monoisotopic (exact) mass is 571 g/mol. The normalized spacial score (nSPS) is 16.2. The van der Waals surface area contributed by atoms with E-state index in [0.29, 0.717) is 67.1 Å². The SMILES string of the molecule is CCCOc1ccc(C(O)=C2C(=O)C(=O)N(CCc3ccccc3)C2c2ccc(OCCC(C)C)c(OCC)c2)cc1. The summed E-state index contributed by atoms with van der Waals surface area (Å²) in [5, 5.41) is 11.5. The van der Waals surface area contributed by atoms with Crippen molar-refractivity contribution in [1.29, 1.82) is 0 Å². The van der Waals surface area contributed by atoms with Gasteiger partial charge in [-0.15, -0.1) is 0 Å². The number of hydrogen-bond acceptors (Lipinski definition) is 6. The van der Waals surface area contributed by atoms with E-state index in [1.807, 2.05) is 62.4 Å². The van der Waals surface area contributed by atoms with Crippen molar-refractivity contribution in [1.82, 2.24) is 4.90 Å². The van der Waals surface area contributed by atoms with E-state index >= 15 is 0 Å². The highest BCUT2D eigenvalue weighted by Crippen LogP contribution is 2.42. The fraction of sp³-hybridized carbons (Fsp3) is 0.371. The summed E-state index contributed by atoms with van der Waals surface area (Å²) in [5.41, 5.74) is 2.19. The molecule has 1 saturated heterocycles. The van der Waals surface area contributed by atoms with Gasteiger partial charge in [-0.1, -0.05) is 57.2 Å². The average Bonchev–Trinajstić information content (AvgIpc) is 3.25. The summed E-state index contributed by atoms with van der Waals surface area (Å²) < 4.78 is 17.6. The zero-order valence-electron chi connectivity index (χ0n) is 25.0. The molecule has 1 aliphatic heterocycles. The summed E-state index contributed by atoms with van der Waals surface area (Å²) in [6.45, 7) is 10.0. The Morgan fingerprint density at radius 2 is 1.62 bits per heavy atom. The van der Waals surface area contributed by atoms with Crippen LogP contribution in [0.2, 0.25) is 0 Å². The fourth-order valence-electron chi connectivity index (χ4n) is 4.92. The Bertz CT molecular complexity index is 1380. The van der Waals surface area contributed by atoms with Crippen molar-refractivity contribution < 1.29 is 28.9 Å². The highest BCUT2D eigenvalue weighted by molar-refractivity contribution is 6.46. The summed E-state index contributed by atoms with van der Waals surface area (Å²) in [4.78, 5) is 28.5. The number of carbonyl (C=O) groups excluding carboxylic acids is 2. The van der Waals surface area contributed by atoms with Crippen molar-refractivity contribution in [3.63, 3.8) is 0 Å². The first-order chi connectivity index (χ1) is 20.3. The lowest BCUT2D eigenvalue weighted by Gasteiger charge is -2.26. The summed E-state index contributed by atoms with van der Waals surface area (Å²) in [5.74, 6) is 0.717. The molecular formula is C35H41NO6. The minimum absolute atomic E-state index is 0.0474. The van der Waals surface area contributed by atoms with E-state index in [1.54, 1.807) is 29.2 Å². The minimum atomic E-state index is -0.798. The van der Waals surface area contributed by atoms with Gasteiger partial charge < -0.3 is 24.2 Å². The van der Waals surface area contributed by atoms with Gasteiger partial charge in [0.05, 0.1) is 31.4 Å². The molecule has 0 radical (unpaired) electrons. The molecule has 7 nitrogen and oxygen atoms in total. The minimum Gasteiger partial charge on any atom is -0.507 e. The van der Waals surface area contributed by atoms with Gasteiger partial charge in [0.2, 0.25) is 0 Å². The highest BCUT2D eigenvalue weighted by Gasteiger charge is 2.46. The van der Waals surface area contributed by atoms with Crippen LogP contribution in [-0.4, -0.2) is 48.1 Å². The van der Waals surface area contributed by atoms with Gasteiger partial charge in [0.15, 0.2) is 11.5 Å². The molecule has 0 bridgehead atoms. The third-order valence-corrected chi connectivity index (χ3v) is 7.16. The third kappa shape index (κ3) is 7.32. The standard InChI is InChI=1S/C35H41NO6/c1-5-21-41-28-15-12-26(13-16-28)33(37)31-32(36(35(39)34(31)38)20-18-25-10-8-7-9-11-25)27-14-17-29(30(23-27)40-6-2)42-22-19-24(3)4/h7-17,23-24,32,37H,5-6,18-22H2,1-4H3. The first kappa shape index (κ1) is 30.7. The number of rotatable bonds is 14. The molecule has 1 fully saturated rings. The Kier molecular flexibility index (Phi) is 10.7. The maximum absolute atomic E-state index is 13.5. The Balaban J connectivity index is 1.75. The summed E-state index contributed by atoms with van der Waals surface area (Å²) in [7, 11) is 0. The van der Waals surface area contributed by atoms with Crippen LogP contribution in [0.5, 0.6) is 17.2 Å². The van der Waals surface area contributed by atoms with Crippen LogP contribution in [0.25, 0.3) is 5.76 Å². The highest BCUT2D eigenvalue weighted by atomic mass is 16.5. The predicted octanol–water partition coefficient (Wildman–Crippen LogP) is 6.96. The fourth-order valence-corrected chi connectivity index (χ4v) is 4.92. The van der Waals surface area contributed by atoms with Crippen molar-refractivity contribution in [2.45, 2.75) is 53.0 Å². The Hall–Kier alpha value is -4.26. The lowest BCUT2D eigenvalue weighted by molar-refractivity contribution is -0.139. The molecule has 1 amide bonds. The Morgan fingerprint density at radius 3 is 2.29 bits per heavy atom. The summed E-state index contributed by atoms with van der Waals surface area (Å²) in [6, 6.07) is 21.4. The summed E-state index contributed by atoms with van der Waals surface area (Å²) >= 11 is 0. The van der Waals surface area contributed by atoms with Crippen LogP contribution in [0.4, 0.5) is 0 Å². The van der Waals surface area contributed by atoms with E-state index in [4.69, 9.17) is 14.2 Å². The van der Waals surface area contributed by atoms with Gasteiger partial charge in [-0.05, 0) is 79.6 Å². The van der Waals surface area contributed by atoms with Crippen LogP contribution in [0.1, 0.15) is 63.3 Å². The van der Waals surface area contributed by atoms with E-state index in [1.165, 1.54) is 0 Å². The number of amides is 1. The van der Waals surface area contributed by atoms with Crippen LogP contribution in [0.3, 0.4) is 0 Å². The first-order valence-corrected chi connectivity index (χ1v) is 14.8.